The van der Waals surface area contributed by atoms with E-state index in [0.29, 0.717) is 29.8 Å². The smallest absolute Gasteiger partial charge is 0.289 e. The number of hydrogen-bond acceptors (Lipinski definition) is 9. The van der Waals surface area contributed by atoms with E-state index in [1.165, 1.54) is 12.5 Å². The minimum atomic E-state index is -1.15. The molecule has 3 aromatic rings. The number of rotatable bonds is 4. The van der Waals surface area contributed by atoms with Crippen LogP contribution in [0.25, 0.3) is 11.2 Å². The van der Waals surface area contributed by atoms with Gasteiger partial charge in [0.05, 0.1) is 24.6 Å². The molecule has 0 bridgehead atoms. The van der Waals surface area contributed by atoms with Gasteiger partial charge in [-0.1, -0.05) is 0 Å². The minimum absolute atomic E-state index is 0.0531. The second-order valence-corrected chi connectivity index (χ2v) is 6.99. The van der Waals surface area contributed by atoms with Crippen LogP contribution >= 0.6 is 0 Å². The molecule has 0 saturated heterocycles. The van der Waals surface area contributed by atoms with Crippen molar-refractivity contribution in [2.24, 2.45) is 0 Å². The number of hydrogen-bond donors (Lipinski definition) is 3. The molecule has 0 spiro atoms. The van der Waals surface area contributed by atoms with Gasteiger partial charge in [0.15, 0.2) is 23.4 Å². The fourth-order valence-electron chi connectivity index (χ4n) is 3.60. The van der Waals surface area contributed by atoms with Crippen molar-refractivity contribution in [2.75, 3.05) is 19.0 Å². The van der Waals surface area contributed by atoms with E-state index in [1.54, 1.807) is 10.9 Å². The van der Waals surface area contributed by atoms with Crippen LogP contribution in [0.5, 0.6) is 0 Å². The first kappa shape index (κ1) is 18.3. The zero-order chi connectivity index (χ0) is 19.8. The summed E-state index contributed by atoms with van der Waals surface area (Å²) in [5, 5.41) is 24.0. The number of aliphatic hydroxyl groups is 2. The molecule has 4 atom stereocenters. The molecule has 1 amide bonds. The van der Waals surface area contributed by atoms with Crippen molar-refractivity contribution in [3.8, 4) is 0 Å². The first-order chi connectivity index (χ1) is 13.5. The van der Waals surface area contributed by atoms with Crippen molar-refractivity contribution in [2.45, 2.75) is 37.1 Å². The molecular weight excluding hydrogens is 366 g/mol. The quantitative estimate of drug-likeness (QED) is 0.551. The van der Waals surface area contributed by atoms with Gasteiger partial charge in [-0.2, -0.15) is 0 Å². The van der Waals surface area contributed by atoms with Crippen molar-refractivity contribution in [1.82, 2.24) is 29.8 Å². The Kier molecular flexibility index (Phi) is 4.69. The van der Waals surface area contributed by atoms with E-state index in [9.17, 15) is 15.0 Å². The average Bonchev–Trinajstić information content (AvgIpc) is 3.35. The molecule has 0 radical (unpaired) electrons. The number of anilines is 1. The maximum atomic E-state index is 12.1. The first-order valence-corrected chi connectivity index (χ1v) is 8.87. The van der Waals surface area contributed by atoms with Gasteiger partial charge in [-0.25, -0.2) is 19.9 Å². The van der Waals surface area contributed by atoms with Crippen molar-refractivity contribution in [3.05, 3.63) is 31.0 Å². The van der Waals surface area contributed by atoms with E-state index in [1.807, 2.05) is 19.0 Å². The third-order valence-corrected chi connectivity index (χ3v) is 5.02. The van der Waals surface area contributed by atoms with Crippen molar-refractivity contribution < 1.29 is 19.4 Å². The van der Waals surface area contributed by atoms with Crippen molar-refractivity contribution in [3.63, 3.8) is 0 Å². The molecule has 0 unspecified atom stereocenters. The Labute approximate surface area is 160 Å². The Morgan fingerprint density at radius 1 is 1.25 bits per heavy atom. The Balaban J connectivity index is 1.55. The normalized spacial score (nSPS) is 25.0. The molecule has 1 aliphatic rings. The summed E-state index contributed by atoms with van der Waals surface area (Å²) in [6.45, 7) is 0. The SMILES string of the molecule is CN(C)c1ncnc2c1ncn2[C@@H]1CC[C@@H](NC(=O)c2cnco2)[C@@H](O)[C@@H]1O. The molecular formula is C17H21N7O4. The summed E-state index contributed by atoms with van der Waals surface area (Å²) in [6.07, 6.45) is 4.22. The Morgan fingerprint density at radius 3 is 2.79 bits per heavy atom. The monoisotopic (exact) mass is 387 g/mol. The predicted molar refractivity (Wildman–Crippen MR) is 97.7 cm³/mol. The highest BCUT2D eigenvalue weighted by Gasteiger charge is 2.40. The van der Waals surface area contributed by atoms with Crippen molar-refractivity contribution in [1.29, 1.82) is 0 Å². The average molecular weight is 387 g/mol. The highest BCUT2D eigenvalue weighted by atomic mass is 16.4. The molecule has 148 valence electrons. The number of aromatic nitrogens is 5. The third-order valence-electron chi connectivity index (χ3n) is 5.02. The Hall–Kier alpha value is -3.05. The van der Waals surface area contributed by atoms with Gasteiger partial charge in [0.25, 0.3) is 5.91 Å². The lowest BCUT2D eigenvalue weighted by Crippen LogP contribution is -2.54. The largest absolute Gasteiger partial charge is 0.438 e. The third kappa shape index (κ3) is 3.08. The van der Waals surface area contributed by atoms with Crippen LogP contribution in [0.4, 0.5) is 5.82 Å². The van der Waals surface area contributed by atoms with E-state index in [2.05, 4.69) is 25.3 Å². The number of nitrogens with one attached hydrogen (secondary N) is 1. The molecule has 4 rings (SSSR count). The highest BCUT2D eigenvalue weighted by molar-refractivity contribution is 5.91. The maximum absolute atomic E-state index is 12.1. The topological polar surface area (TPSA) is 142 Å². The minimum Gasteiger partial charge on any atom is -0.438 e. The van der Waals surface area contributed by atoms with Gasteiger partial charge in [0.1, 0.15) is 18.5 Å². The van der Waals surface area contributed by atoms with Gasteiger partial charge in [0, 0.05) is 14.1 Å². The lowest BCUT2D eigenvalue weighted by atomic mass is 9.85. The number of fused-ring (bicyclic) bond motifs is 1. The lowest BCUT2D eigenvalue weighted by Gasteiger charge is -2.38. The summed E-state index contributed by atoms with van der Waals surface area (Å²) in [6, 6.07) is -1.03. The van der Waals surface area contributed by atoms with Gasteiger partial charge in [-0.15, -0.1) is 0 Å². The molecule has 1 fully saturated rings. The molecule has 3 N–H and O–H groups in total. The summed E-state index contributed by atoms with van der Waals surface area (Å²) in [7, 11) is 3.73. The van der Waals surface area contributed by atoms with Gasteiger partial charge >= 0.3 is 0 Å². The van der Waals surface area contributed by atoms with Gasteiger partial charge in [-0.3, -0.25) is 4.79 Å². The van der Waals surface area contributed by atoms with Crippen LogP contribution < -0.4 is 10.2 Å². The fourth-order valence-corrected chi connectivity index (χ4v) is 3.60. The Morgan fingerprint density at radius 2 is 2.07 bits per heavy atom. The lowest BCUT2D eigenvalue weighted by molar-refractivity contribution is -0.0554. The van der Waals surface area contributed by atoms with E-state index in [-0.39, 0.29) is 5.76 Å². The number of carbonyl (C=O) groups excluding carboxylic acids is 1. The van der Waals surface area contributed by atoms with E-state index >= 15 is 0 Å². The number of amides is 1. The summed E-state index contributed by atoms with van der Waals surface area (Å²) < 4.78 is 6.72. The molecule has 1 saturated carbocycles. The highest BCUT2D eigenvalue weighted by Crippen LogP contribution is 2.32. The number of carbonyl (C=O) groups is 1. The van der Waals surface area contributed by atoms with E-state index < -0.39 is 30.2 Å². The second-order valence-electron chi connectivity index (χ2n) is 6.99. The molecule has 11 heteroatoms. The number of imidazole rings is 1. The number of nitrogens with zero attached hydrogens (tertiary/aromatic N) is 6. The van der Waals surface area contributed by atoms with Gasteiger partial charge in [-0.05, 0) is 12.8 Å². The summed E-state index contributed by atoms with van der Waals surface area (Å²) in [4.78, 5) is 30.6. The molecule has 3 aromatic heterocycles. The summed E-state index contributed by atoms with van der Waals surface area (Å²) >= 11 is 0. The van der Waals surface area contributed by atoms with Crippen LogP contribution in [0.3, 0.4) is 0 Å². The summed E-state index contributed by atoms with van der Waals surface area (Å²) in [5.74, 6) is 0.243. The van der Waals surface area contributed by atoms with Crippen LogP contribution in [0.1, 0.15) is 29.4 Å². The second kappa shape index (κ2) is 7.17. The number of aliphatic hydroxyl groups excluding tert-OH is 2. The van der Waals surface area contributed by atoms with Crippen LogP contribution in [0.2, 0.25) is 0 Å². The maximum Gasteiger partial charge on any atom is 0.289 e. The zero-order valence-corrected chi connectivity index (χ0v) is 15.4. The van der Waals surface area contributed by atoms with Crippen molar-refractivity contribution >= 4 is 22.9 Å². The molecule has 1 aliphatic carbocycles. The fraction of sp³-hybridized carbons (Fsp3) is 0.471. The van der Waals surface area contributed by atoms with Gasteiger partial charge in [0.2, 0.25) is 5.76 Å². The van der Waals surface area contributed by atoms with Crippen LogP contribution in [0.15, 0.2) is 29.7 Å². The van der Waals surface area contributed by atoms with Crippen LogP contribution in [0, 0.1) is 0 Å². The predicted octanol–water partition coefficient (Wildman–Crippen LogP) is -0.264. The van der Waals surface area contributed by atoms with Crippen LogP contribution in [-0.2, 0) is 0 Å². The summed E-state index contributed by atoms with van der Waals surface area (Å²) in [5.41, 5.74) is 1.20. The standard InChI is InChI=1S/C17H21N7O4/c1-23(2)15-12-16(20-6-19-15)24(7-21-12)10-4-3-9(13(25)14(10)26)22-17(27)11-5-18-8-28-11/h5-10,13-14,25-26H,3-4H2,1-2H3,(H,22,27)/t9-,10-,13-,14-/m1/s1. The molecule has 0 aromatic carbocycles. The molecule has 0 aliphatic heterocycles. The Bertz CT molecular complexity index is 971. The van der Waals surface area contributed by atoms with Gasteiger partial charge < -0.3 is 29.4 Å². The zero-order valence-electron chi connectivity index (χ0n) is 15.4. The van der Waals surface area contributed by atoms with Crippen LogP contribution in [-0.4, -0.2) is 73.0 Å². The number of oxazole rings is 1. The van der Waals surface area contributed by atoms with E-state index in [4.69, 9.17) is 4.42 Å². The molecule has 28 heavy (non-hydrogen) atoms. The van der Waals surface area contributed by atoms with E-state index in [0.717, 1.165) is 6.39 Å². The molecule has 3 heterocycles. The first-order valence-electron chi connectivity index (χ1n) is 8.87. The molecule has 11 nitrogen and oxygen atoms in total.